The molecule has 0 spiro atoms. The minimum absolute atomic E-state index is 0.198. The fourth-order valence-electron chi connectivity index (χ4n) is 4.04. The zero-order valence-electron chi connectivity index (χ0n) is 20.4. The van der Waals surface area contributed by atoms with Crippen LogP contribution in [0, 0.1) is 0 Å². The smallest absolute Gasteiger partial charge is 0.417 e. The van der Waals surface area contributed by atoms with Crippen molar-refractivity contribution < 1.29 is 32.5 Å². The Morgan fingerprint density at radius 2 is 1.95 bits per heavy atom. The first-order valence-corrected chi connectivity index (χ1v) is 12.1. The number of carboxylic acid groups (broad SMARTS) is 1. The number of ether oxygens (including phenoxy) is 2. The van der Waals surface area contributed by atoms with Crippen molar-refractivity contribution in [3.05, 3.63) is 106 Å². The van der Waals surface area contributed by atoms with Crippen molar-refractivity contribution in [2.45, 2.75) is 31.7 Å². The Balaban J connectivity index is 1.71. The molecule has 9 heteroatoms. The van der Waals surface area contributed by atoms with E-state index in [0.717, 1.165) is 17.7 Å². The Morgan fingerprint density at radius 3 is 2.62 bits per heavy atom. The Kier molecular flexibility index (Phi) is 10.4. The van der Waals surface area contributed by atoms with Gasteiger partial charge in [-0.3, -0.25) is 4.90 Å². The molecule has 37 heavy (non-hydrogen) atoms. The molecule has 0 amide bonds. The summed E-state index contributed by atoms with van der Waals surface area (Å²) in [5.41, 5.74) is 1.11. The monoisotopic (exact) mass is 535 g/mol. The lowest BCUT2D eigenvalue weighted by atomic mass is 10.1. The number of carboxylic acids is 1. The van der Waals surface area contributed by atoms with E-state index in [1.807, 2.05) is 41.3 Å². The number of benzene rings is 2. The van der Waals surface area contributed by atoms with Crippen molar-refractivity contribution in [1.29, 1.82) is 0 Å². The first-order valence-electron chi connectivity index (χ1n) is 11.8. The first-order chi connectivity index (χ1) is 17.7. The van der Waals surface area contributed by atoms with Gasteiger partial charge in [0.05, 0.1) is 23.3 Å². The summed E-state index contributed by atoms with van der Waals surface area (Å²) >= 11 is 6.17. The fourth-order valence-corrected chi connectivity index (χ4v) is 4.34. The van der Waals surface area contributed by atoms with E-state index < -0.39 is 17.7 Å². The van der Waals surface area contributed by atoms with Gasteiger partial charge in [-0.2, -0.15) is 13.2 Å². The van der Waals surface area contributed by atoms with Gasteiger partial charge in [-0.05, 0) is 47.8 Å². The van der Waals surface area contributed by atoms with Gasteiger partial charge in [0, 0.05) is 32.8 Å². The van der Waals surface area contributed by atoms with Crippen molar-refractivity contribution in [1.82, 2.24) is 4.90 Å². The predicted molar refractivity (Wildman–Crippen MR) is 136 cm³/mol. The SMILES string of the molecule is CO[C@@H](CN(CCCOC1=CC(=CC(=O)O)CC=C1)Cc1cccc(C(F)(F)F)c1Cl)c1ccccc1. The number of methoxy groups -OCH3 is 1. The van der Waals surface area contributed by atoms with Crippen LogP contribution in [0.25, 0.3) is 0 Å². The minimum Gasteiger partial charge on any atom is -0.494 e. The molecule has 2 aromatic rings. The van der Waals surface area contributed by atoms with Crippen LogP contribution in [0.2, 0.25) is 5.02 Å². The van der Waals surface area contributed by atoms with Crippen molar-refractivity contribution in [2.24, 2.45) is 0 Å². The Bertz CT molecular complexity index is 1150. The lowest BCUT2D eigenvalue weighted by Crippen LogP contribution is -2.31. The summed E-state index contributed by atoms with van der Waals surface area (Å²) in [6.45, 7) is 1.48. The normalized spacial score (nSPS) is 15.6. The molecule has 5 nitrogen and oxygen atoms in total. The third-order valence-electron chi connectivity index (χ3n) is 5.82. The molecular formula is C28H29ClF3NO4. The minimum atomic E-state index is -4.54. The maximum atomic E-state index is 13.4. The standard InChI is InChI=1S/C28H29ClF3NO4/c1-36-25(21-9-3-2-4-10-21)19-33(18-22-11-6-13-24(27(22)29)28(30,31)32)14-7-15-37-23-12-5-8-20(16-23)17-26(34)35/h2-6,9-13,16-17,25H,7-8,14-15,18-19H2,1H3,(H,34,35)/t25-/m0/s1. The summed E-state index contributed by atoms with van der Waals surface area (Å²) in [4.78, 5) is 12.9. The van der Waals surface area contributed by atoms with Gasteiger partial charge in [0.15, 0.2) is 0 Å². The van der Waals surface area contributed by atoms with Crippen molar-refractivity contribution in [2.75, 3.05) is 26.8 Å². The molecule has 0 aliphatic heterocycles. The van der Waals surface area contributed by atoms with Crippen LogP contribution in [-0.2, 0) is 27.0 Å². The topological polar surface area (TPSA) is 59.0 Å². The van der Waals surface area contributed by atoms with Crippen molar-refractivity contribution in [3.63, 3.8) is 0 Å². The molecule has 0 saturated carbocycles. The molecular weight excluding hydrogens is 507 g/mol. The summed E-state index contributed by atoms with van der Waals surface area (Å²) in [5, 5.41) is 8.64. The van der Waals surface area contributed by atoms with E-state index in [1.165, 1.54) is 6.07 Å². The molecule has 0 bridgehead atoms. The quantitative estimate of drug-likeness (QED) is 0.239. The van der Waals surface area contributed by atoms with E-state index >= 15 is 0 Å². The largest absolute Gasteiger partial charge is 0.494 e. The van der Waals surface area contributed by atoms with Gasteiger partial charge < -0.3 is 14.6 Å². The number of hydrogen-bond donors (Lipinski definition) is 1. The molecule has 0 radical (unpaired) electrons. The molecule has 198 valence electrons. The molecule has 0 fully saturated rings. The maximum absolute atomic E-state index is 13.4. The van der Waals surface area contributed by atoms with E-state index in [2.05, 4.69) is 0 Å². The summed E-state index contributed by atoms with van der Waals surface area (Å²) in [7, 11) is 1.60. The highest BCUT2D eigenvalue weighted by Crippen LogP contribution is 2.36. The Labute approximate surface area is 219 Å². The number of rotatable bonds is 12. The molecule has 0 heterocycles. The molecule has 2 aromatic carbocycles. The van der Waals surface area contributed by atoms with E-state index in [9.17, 15) is 18.0 Å². The van der Waals surface area contributed by atoms with Crippen molar-refractivity contribution in [3.8, 4) is 0 Å². The number of alkyl halides is 3. The van der Waals surface area contributed by atoms with Gasteiger partial charge in [-0.25, -0.2) is 4.79 Å². The second-order valence-electron chi connectivity index (χ2n) is 8.56. The van der Waals surface area contributed by atoms with Crippen LogP contribution in [0.15, 0.2) is 84.2 Å². The van der Waals surface area contributed by atoms with Gasteiger partial charge in [0.2, 0.25) is 0 Å². The molecule has 1 atom stereocenters. The molecule has 1 N–H and O–H groups in total. The molecule has 3 rings (SSSR count). The van der Waals surface area contributed by atoms with Crippen LogP contribution in [0.1, 0.15) is 35.6 Å². The predicted octanol–water partition coefficient (Wildman–Crippen LogP) is 6.81. The average molecular weight is 536 g/mol. The number of carbonyl (C=O) groups is 1. The summed E-state index contributed by atoms with van der Waals surface area (Å²) in [5.74, 6) is -0.457. The van der Waals surface area contributed by atoms with E-state index in [4.69, 9.17) is 26.2 Å². The number of hydrogen-bond acceptors (Lipinski definition) is 4. The summed E-state index contributed by atoms with van der Waals surface area (Å²) in [6.07, 6.45) is 2.70. The maximum Gasteiger partial charge on any atom is 0.417 e. The third kappa shape index (κ3) is 8.77. The highest BCUT2D eigenvalue weighted by molar-refractivity contribution is 6.32. The summed E-state index contributed by atoms with van der Waals surface area (Å²) in [6, 6.07) is 13.5. The van der Waals surface area contributed by atoms with Gasteiger partial charge in [0.25, 0.3) is 0 Å². The first kappa shape index (κ1) is 28.5. The van der Waals surface area contributed by atoms with Crippen molar-refractivity contribution >= 4 is 17.6 Å². The summed E-state index contributed by atoms with van der Waals surface area (Å²) < 4.78 is 51.7. The van der Waals surface area contributed by atoms with Crippen LogP contribution < -0.4 is 0 Å². The number of allylic oxidation sites excluding steroid dienone is 4. The van der Waals surface area contributed by atoms with E-state index in [0.29, 0.717) is 49.4 Å². The van der Waals surface area contributed by atoms with Gasteiger partial charge in [0.1, 0.15) is 5.76 Å². The van der Waals surface area contributed by atoms with Gasteiger partial charge in [-0.1, -0.05) is 60.1 Å². The van der Waals surface area contributed by atoms with Crippen LogP contribution in [0.3, 0.4) is 0 Å². The highest BCUT2D eigenvalue weighted by atomic mass is 35.5. The third-order valence-corrected chi connectivity index (χ3v) is 6.26. The van der Waals surface area contributed by atoms with Crippen LogP contribution in [0.4, 0.5) is 13.2 Å². The van der Waals surface area contributed by atoms with Crippen LogP contribution >= 0.6 is 11.6 Å². The van der Waals surface area contributed by atoms with Crippen LogP contribution in [0.5, 0.6) is 0 Å². The van der Waals surface area contributed by atoms with Gasteiger partial charge in [-0.15, -0.1) is 0 Å². The second-order valence-corrected chi connectivity index (χ2v) is 8.94. The molecule has 0 aromatic heterocycles. The fraction of sp³-hybridized carbons (Fsp3) is 0.321. The van der Waals surface area contributed by atoms with Crippen LogP contribution in [-0.4, -0.2) is 42.8 Å². The highest BCUT2D eigenvalue weighted by Gasteiger charge is 2.34. The Hall–Kier alpha value is -3.07. The Morgan fingerprint density at radius 1 is 1.19 bits per heavy atom. The lowest BCUT2D eigenvalue weighted by molar-refractivity contribution is -0.137. The second kappa shape index (κ2) is 13.5. The lowest BCUT2D eigenvalue weighted by Gasteiger charge is -2.28. The number of halogens is 4. The zero-order chi connectivity index (χ0) is 26.8. The number of nitrogens with zero attached hydrogens (tertiary/aromatic N) is 1. The zero-order valence-corrected chi connectivity index (χ0v) is 21.1. The molecule has 0 unspecified atom stereocenters. The molecule has 0 saturated heterocycles. The van der Waals surface area contributed by atoms with Gasteiger partial charge >= 0.3 is 12.1 Å². The van der Waals surface area contributed by atoms with E-state index in [1.54, 1.807) is 25.3 Å². The molecule has 1 aliphatic rings. The molecule has 1 aliphatic carbocycles. The number of aliphatic carboxylic acids is 1. The van der Waals surface area contributed by atoms with E-state index in [-0.39, 0.29) is 17.7 Å². The average Bonchev–Trinajstić information content (AvgIpc) is 2.85.